The molecule has 34 heavy (non-hydrogen) atoms. The van der Waals surface area contributed by atoms with Gasteiger partial charge in [0.2, 0.25) is 0 Å². The van der Waals surface area contributed by atoms with E-state index < -0.39 is 62.5 Å². The zero-order valence-corrected chi connectivity index (χ0v) is 18.5. The van der Waals surface area contributed by atoms with E-state index in [1.165, 1.54) is 0 Å². The van der Waals surface area contributed by atoms with E-state index in [1.807, 2.05) is 0 Å². The van der Waals surface area contributed by atoms with Gasteiger partial charge in [0.15, 0.2) is 0 Å². The zero-order chi connectivity index (χ0) is 25.2. The van der Waals surface area contributed by atoms with E-state index in [-0.39, 0.29) is 11.1 Å². The number of carbonyl (C=O) groups is 2. The van der Waals surface area contributed by atoms with Gasteiger partial charge in [-0.2, -0.15) is 0 Å². The Morgan fingerprint density at radius 1 is 0.559 bits per heavy atom. The average Bonchev–Trinajstić information content (AvgIpc) is 2.89. The van der Waals surface area contributed by atoms with Crippen LogP contribution in [0.15, 0.2) is 48.5 Å². The number of aliphatic hydroxyl groups excluding tert-OH is 6. The molecule has 0 aliphatic carbocycles. The third-order valence-electron chi connectivity index (χ3n) is 5.39. The highest BCUT2D eigenvalue weighted by Gasteiger charge is 2.31. The molecule has 8 N–H and O–H groups in total. The number of amides is 2. The van der Waals surface area contributed by atoms with Crippen molar-refractivity contribution in [1.82, 2.24) is 10.6 Å². The summed E-state index contributed by atoms with van der Waals surface area (Å²) in [5.74, 6) is -1.09. The standard InChI is InChI=1S/C24H30N2O8/c27-11-23(12-28,13-29)25-21(33)19-7-3-17(4-8-19)1-2-18-5-9-20(10-6-18)22(34)26-24(14-30,15-31)16-32/h1-10,27-32H,11-16H2,(H,25,33)(H,26,34). The molecule has 184 valence electrons. The lowest BCUT2D eigenvalue weighted by molar-refractivity contribution is 0.0375. The van der Waals surface area contributed by atoms with Crippen LogP contribution in [0.25, 0.3) is 12.2 Å². The summed E-state index contributed by atoms with van der Waals surface area (Å²) in [5, 5.41) is 60.8. The second kappa shape index (κ2) is 12.4. The number of hydrogen-bond donors (Lipinski definition) is 8. The lowest BCUT2D eigenvalue weighted by Crippen LogP contribution is -2.57. The monoisotopic (exact) mass is 474 g/mol. The van der Waals surface area contributed by atoms with Crippen LogP contribution in [0.3, 0.4) is 0 Å². The number of rotatable bonds is 12. The lowest BCUT2D eigenvalue weighted by Gasteiger charge is -2.28. The largest absolute Gasteiger partial charge is 0.394 e. The Kier molecular flexibility index (Phi) is 9.87. The van der Waals surface area contributed by atoms with Gasteiger partial charge >= 0.3 is 0 Å². The van der Waals surface area contributed by atoms with Crippen LogP contribution >= 0.6 is 0 Å². The van der Waals surface area contributed by atoms with Crippen molar-refractivity contribution < 1.29 is 40.2 Å². The summed E-state index contributed by atoms with van der Waals surface area (Å²) < 4.78 is 0. The number of carbonyl (C=O) groups excluding carboxylic acids is 2. The minimum Gasteiger partial charge on any atom is -0.394 e. The molecule has 0 aliphatic heterocycles. The molecule has 0 spiro atoms. The van der Waals surface area contributed by atoms with Crippen LogP contribution in [-0.4, -0.2) is 93.2 Å². The minimum absolute atomic E-state index is 0.289. The fourth-order valence-corrected chi connectivity index (χ4v) is 2.85. The quantitative estimate of drug-likeness (QED) is 0.176. The van der Waals surface area contributed by atoms with Crippen molar-refractivity contribution in [1.29, 1.82) is 0 Å². The van der Waals surface area contributed by atoms with Gasteiger partial charge in [0.25, 0.3) is 11.8 Å². The molecule has 0 saturated heterocycles. The molecule has 2 aromatic carbocycles. The van der Waals surface area contributed by atoms with Crippen LogP contribution in [0.1, 0.15) is 31.8 Å². The van der Waals surface area contributed by atoms with Gasteiger partial charge in [-0.15, -0.1) is 0 Å². The second-order valence-electron chi connectivity index (χ2n) is 7.99. The first-order valence-electron chi connectivity index (χ1n) is 10.5. The van der Waals surface area contributed by atoms with Crippen molar-refractivity contribution in [2.24, 2.45) is 0 Å². The summed E-state index contributed by atoms with van der Waals surface area (Å²) in [6.07, 6.45) is 3.59. The van der Waals surface area contributed by atoms with Crippen LogP contribution in [0, 0.1) is 0 Å². The first-order valence-corrected chi connectivity index (χ1v) is 10.5. The predicted octanol–water partition coefficient (Wildman–Crippen LogP) is -1.25. The molecule has 10 nitrogen and oxygen atoms in total. The van der Waals surface area contributed by atoms with Gasteiger partial charge in [0, 0.05) is 11.1 Å². The highest BCUT2D eigenvalue weighted by molar-refractivity contribution is 5.95. The van der Waals surface area contributed by atoms with E-state index >= 15 is 0 Å². The van der Waals surface area contributed by atoms with Crippen LogP contribution in [-0.2, 0) is 0 Å². The Bertz CT molecular complexity index is 869. The van der Waals surface area contributed by atoms with Crippen molar-refractivity contribution >= 4 is 24.0 Å². The predicted molar refractivity (Wildman–Crippen MR) is 125 cm³/mol. The average molecular weight is 475 g/mol. The molecule has 0 aromatic heterocycles. The molecule has 0 bridgehead atoms. The molecule has 0 atom stereocenters. The summed E-state index contributed by atoms with van der Waals surface area (Å²) >= 11 is 0. The molecule has 0 radical (unpaired) electrons. The second-order valence-corrected chi connectivity index (χ2v) is 7.99. The highest BCUT2D eigenvalue weighted by atomic mass is 16.3. The normalized spacial score (nSPS) is 12.1. The van der Waals surface area contributed by atoms with Gasteiger partial charge in [-0.05, 0) is 35.4 Å². The van der Waals surface area contributed by atoms with E-state index in [4.69, 9.17) is 0 Å². The van der Waals surface area contributed by atoms with Gasteiger partial charge in [0.05, 0.1) is 39.6 Å². The Morgan fingerprint density at radius 3 is 1.06 bits per heavy atom. The molecule has 0 saturated carbocycles. The number of benzene rings is 2. The van der Waals surface area contributed by atoms with Crippen LogP contribution in [0.2, 0.25) is 0 Å². The van der Waals surface area contributed by atoms with E-state index in [2.05, 4.69) is 10.6 Å². The van der Waals surface area contributed by atoms with Crippen molar-refractivity contribution in [3.63, 3.8) is 0 Å². The van der Waals surface area contributed by atoms with Crippen LogP contribution < -0.4 is 10.6 Å². The number of nitrogens with one attached hydrogen (secondary N) is 2. The minimum atomic E-state index is -1.51. The maximum atomic E-state index is 12.3. The topological polar surface area (TPSA) is 180 Å². The van der Waals surface area contributed by atoms with Crippen LogP contribution in [0.5, 0.6) is 0 Å². The molecule has 2 amide bonds. The Hall–Kier alpha value is -3.12. The Morgan fingerprint density at radius 2 is 0.824 bits per heavy atom. The van der Waals surface area contributed by atoms with Gasteiger partial charge < -0.3 is 41.3 Å². The first-order chi connectivity index (χ1) is 16.3. The summed E-state index contributed by atoms with van der Waals surface area (Å²) in [7, 11) is 0. The molecular weight excluding hydrogens is 444 g/mol. The molecule has 0 heterocycles. The summed E-state index contributed by atoms with van der Waals surface area (Å²) in [4.78, 5) is 24.6. The summed E-state index contributed by atoms with van der Waals surface area (Å²) in [6, 6.07) is 13.1. The highest BCUT2D eigenvalue weighted by Crippen LogP contribution is 2.13. The number of aliphatic hydroxyl groups is 6. The van der Waals surface area contributed by atoms with E-state index in [9.17, 15) is 40.2 Å². The third-order valence-corrected chi connectivity index (χ3v) is 5.39. The maximum absolute atomic E-state index is 12.3. The lowest BCUT2D eigenvalue weighted by atomic mass is 10.0. The van der Waals surface area contributed by atoms with Crippen molar-refractivity contribution in [2.75, 3.05) is 39.6 Å². The summed E-state index contributed by atoms with van der Waals surface area (Å²) in [6.45, 7) is -3.68. The molecule has 2 aromatic rings. The fraction of sp³-hybridized carbons (Fsp3) is 0.333. The van der Waals surface area contributed by atoms with E-state index in [1.54, 1.807) is 60.7 Å². The van der Waals surface area contributed by atoms with Crippen LogP contribution in [0.4, 0.5) is 0 Å². The SMILES string of the molecule is O=C(NC(CO)(CO)CO)c1ccc(C=Cc2ccc(C(=O)NC(CO)(CO)CO)cc2)cc1. The molecule has 10 heteroatoms. The van der Waals surface area contributed by atoms with Gasteiger partial charge in [-0.1, -0.05) is 36.4 Å². The van der Waals surface area contributed by atoms with E-state index in [0.29, 0.717) is 0 Å². The molecule has 0 fully saturated rings. The third kappa shape index (κ3) is 6.70. The molecular formula is C24H30N2O8. The molecule has 0 unspecified atom stereocenters. The van der Waals surface area contributed by atoms with Crippen molar-refractivity contribution in [2.45, 2.75) is 11.1 Å². The van der Waals surface area contributed by atoms with Crippen molar-refractivity contribution in [3.05, 3.63) is 70.8 Å². The maximum Gasteiger partial charge on any atom is 0.251 e. The Balaban J connectivity index is 2.03. The van der Waals surface area contributed by atoms with E-state index in [0.717, 1.165) is 11.1 Å². The Labute approximate surface area is 196 Å². The summed E-state index contributed by atoms with van der Waals surface area (Å²) in [5.41, 5.74) is -0.860. The first kappa shape index (κ1) is 27.1. The van der Waals surface area contributed by atoms with Gasteiger partial charge in [-0.3, -0.25) is 9.59 Å². The zero-order valence-electron chi connectivity index (χ0n) is 18.5. The fourth-order valence-electron chi connectivity index (χ4n) is 2.85. The van der Waals surface area contributed by atoms with Gasteiger partial charge in [0.1, 0.15) is 11.1 Å². The molecule has 2 rings (SSSR count). The smallest absolute Gasteiger partial charge is 0.251 e. The van der Waals surface area contributed by atoms with Gasteiger partial charge in [-0.25, -0.2) is 0 Å². The molecule has 0 aliphatic rings. The van der Waals surface area contributed by atoms with Crippen molar-refractivity contribution in [3.8, 4) is 0 Å². The number of hydrogen-bond acceptors (Lipinski definition) is 8.